The normalized spacial score (nSPS) is 11.0. The highest BCUT2D eigenvalue weighted by Gasteiger charge is 2.09. The second-order valence-corrected chi connectivity index (χ2v) is 5.12. The maximum Gasteiger partial charge on any atom is 0.220 e. The van der Waals surface area contributed by atoms with Gasteiger partial charge in [-0.1, -0.05) is 16.8 Å². The van der Waals surface area contributed by atoms with Gasteiger partial charge in [0.15, 0.2) is 5.15 Å². The fourth-order valence-electron chi connectivity index (χ4n) is 1.86. The number of halogens is 1. The SMILES string of the molecule is CC(C)n1ccnc1CNC(=O)CCc1cc(Cl)no1. The Labute approximate surface area is 122 Å². The van der Waals surface area contributed by atoms with Crippen LogP contribution in [0, 0.1) is 0 Å². The van der Waals surface area contributed by atoms with Crippen LogP contribution >= 0.6 is 11.6 Å². The zero-order valence-corrected chi connectivity index (χ0v) is 12.2. The van der Waals surface area contributed by atoms with Crippen molar-refractivity contribution in [1.82, 2.24) is 20.0 Å². The Kier molecular flexibility index (Phi) is 4.79. The van der Waals surface area contributed by atoms with Gasteiger partial charge in [-0.3, -0.25) is 4.79 Å². The van der Waals surface area contributed by atoms with Crippen LogP contribution in [-0.4, -0.2) is 20.6 Å². The van der Waals surface area contributed by atoms with Crippen molar-refractivity contribution in [2.75, 3.05) is 0 Å². The summed E-state index contributed by atoms with van der Waals surface area (Å²) in [5, 5.41) is 6.70. The third kappa shape index (κ3) is 3.84. The fourth-order valence-corrected chi connectivity index (χ4v) is 2.02. The largest absolute Gasteiger partial charge is 0.360 e. The van der Waals surface area contributed by atoms with Gasteiger partial charge in [0.1, 0.15) is 11.6 Å². The van der Waals surface area contributed by atoms with Gasteiger partial charge in [-0.25, -0.2) is 4.98 Å². The molecule has 1 amide bonds. The van der Waals surface area contributed by atoms with Crippen molar-refractivity contribution in [2.24, 2.45) is 0 Å². The first-order valence-electron chi connectivity index (χ1n) is 6.45. The molecule has 0 spiro atoms. The van der Waals surface area contributed by atoms with Crippen molar-refractivity contribution in [3.8, 4) is 0 Å². The molecule has 2 heterocycles. The Hall–Kier alpha value is -1.82. The molecule has 7 heteroatoms. The first-order valence-corrected chi connectivity index (χ1v) is 6.83. The second kappa shape index (κ2) is 6.56. The lowest BCUT2D eigenvalue weighted by molar-refractivity contribution is -0.121. The van der Waals surface area contributed by atoms with E-state index < -0.39 is 0 Å². The maximum absolute atomic E-state index is 11.8. The number of hydrogen-bond donors (Lipinski definition) is 1. The van der Waals surface area contributed by atoms with Crippen LogP contribution in [-0.2, 0) is 17.8 Å². The van der Waals surface area contributed by atoms with Crippen LogP contribution in [0.1, 0.15) is 37.9 Å². The number of aryl methyl sites for hydroxylation is 1. The number of carbonyl (C=O) groups excluding carboxylic acids is 1. The van der Waals surface area contributed by atoms with Gasteiger partial charge in [0, 0.05) is 37.3 Å². The molecule has 0 bridgehead atoms. The maximum atomic E-state index is 11.8. The molecule has 0 aliphatic heterocycles. The van der Waals surface area contributed by atoms with Gasteiger partial charge in [0.05, 0.1) is 6.54 Å². The van der Waals surface area contributed by atoms with E-state index in [4.69, 9.17) is 16.1 Å². The van der Waals surface area contributed by atoms with Crippen LogP contribution in [0.3, 0.4) is 0 Å². The molecule has 2 aromatic heterocycles. The van der Waals surface area contributed by atoms with E-state index in [0.29, 0.717) is 36.3 Å². The van der Waals surface area contributed by atoms with Gasteiger partial charge >= 0.3 is 0 Å². The summed E-state index contributed by atoms with van der Waals surface area (Å²) in [5.74, 6) is 1.39. The topological polar surface area (TPSA) is 73.0 Å². The number of aromatic nitrogens is 3. The minimum atomic E-state index is -0.0594. The highest BCUT2D eigenvalue weighted by Crippen LogP contribution is 2.11. The van der Waals surface area contributed by atoms with E-state index in [0.717, 1.165) is 5.82 Å². The molecular formula is C13H17ClN4O2. The highest BCUT2D eigenvalue weighted by atomic mass is 35.5. The molecule has 0 saturated carbocycles. The number of hydrogen-bond acceptors (Lipinski definition) is 4. The summed E-state index contributed by atoms with van der Waals surface area (Å²) < 4.78 is 6.96. The van der Waals surface area contributed by atoms with E-state index >= 15 is 0 Å². The van der Waals surface area contributed by atoms with Crippen LogP contribution < -0.4 is 5.32 Å². The number of rotatable bonds is 6. The molecule has 6 nitrogen and oxygen atoms in total. The van der Waals surface area contributed by atoms with Gasteiger partial charge in [0.2, 0.25) is 5.91 Å². The van der Waals surface area contributed by atoms with Gasteiger partial charge in [-0.15, -0.1) is 0 Å². The number of carbonyl (C=O) groups is 1. The zero-order valence-electron chi connectivity index (χ0n) is 11.5. The lowest BCUT2D eigenvalue weighted by atomic mass is 10.2. The summed E-state index contributed by atoms with van der Waals surface area (Å²) in [6.45, 7) is 4.56. The Morgan fingerprint density at radius 2 is 2.35 bits per heavy atom. The molecule has 1 N–H and O–H groups in total. The molecule has 0 atom stereocenters. The van der Waals surface area contributed by atoms with E-state index in [1.807, 2.05) is 10.8 Å². The Morgan fingerprint density at radius 1 is 1.55 bits per heavy atom. The molecule has 0 aliphatic rings. The van der Waals surface area contributed by atoms with Gasteiger partial charge in [-0.05, 0) is 13.8 Å². The van der Waals surface area contributed by atoms with Gasteiger partial charge in [-0.2, -0.15) is 0 Å². The standard InChI is InChI=1S/C13H17ClN4O2/c1-9(2)18-6-5-15-12(18)8-16-13(19)4-3-10-7-11(14)17-20-10/h5-7,9H,3-4,8H2,1-2H3,(H,16,19). The molecule has 0 unspecified atom stereocenters. The van der Waals surface area contributed by atoms with E-state index in [2.05, 4.69) is 29.3 Å². The first kappa shape index (κ1) is 14.6. The van der Waals surface area contributed by atoms with Crippen LogP contribution in [0.2, 0.25) is 5.15 Å². The third-order valence-electron chi connectivity index (χ3n) is 2.88. The minimum Gasteiger partial charge on any atom is -0.360 e. The minimum absolute atomic E-state index is 0.0594. The lowest BCUT2D eigenvalue weighted by Crippen LogP contribution is -2.25. The summed E-state index contributed by atoms with van der Waals surface area (Å²) >= 11 is 5.64. The average Bonchev–Trinajstić information content (AvgIpc) is 3.02. The molecule has 2 rings (SSSR count). The quantitative estimate of drug-likeness (QED) is 0.888. The van der Waals surface area contributed by atoms with Crippen LogP contribution in [0.5, 0.6) is 0 Å². The van der Waals surface area contributed by atoms with Crippen molar-refractivity contribution < 1.29 is 9.32 Å². The first-order chi connectivity index (χ1) is 9.56. The molecule has 0 fully saturated rings. The van der Waals surface area contributed by atoms with Crippen molar-refractivity contribution in [3.05, 3.63) is 35.2 Å². The molecular weight excluding hydrogens is 280 g/mol. The smallest absolute Gasteiger partial charge is 0.220 e. The summed E-state index contributed by atoms with van der Waals surface area (Å²) in [6, 6.07) is 1.93. The molecule has 0 saturated heterocycles. The molecule has 108 valence electrons. The predicted molar refractivity (Wildman–Crippen MR) is 74.3 cm³/mol. The van der Waals surface area contributed by atoms with Gasteiger partial charge in [0.25, 0.3) is 0 Å². The van der Waals surface area contributed by atoms with E-state index in [-0.39, 0.29) is 5.91 Å². The predicted octanol–water partition coefficient (Wildman–Crippen LogP) is 2.35. The number of nitrogens with one attached hydrogen (secondary N) is 1. The van der Waals surface area contributed by atoms with Crippen LogP contribution in [0.25, 0.3) is 0 Å². The Balaban J connectivity index is 1.79. The van der Waals surface area contributed by atoms with Crippen molar-refractivity contribution in [1.29, 1.82) is 0 Å². The lowest BCUT2D eigenvalue weighted by Gasteiger charge is -2.11. The molecule has 2 aromatic rings. The highest BCUT2D eigenvalue weighted by molar-refractivity contribution is 6.29. The molecule has 20 heavy (non-hydrogen) atoms. The van der Waals surface area contributed by atoms with Gasteiger partial charge < -0.3 is 14.4 Å². The Morgan fingerprint density at radius 3 is 3.00 bits per heavy atom. The monoisotopic (exact) mass is 296 g/mol. The second-order valence-electron chi connectivity index (χ2n) is 4.74. The summed E-state index contributed by atoms with van der Waals surface area (Å²) in [6.07, 6.45) is 4.44. The van der Waals surface area contributed by atoms with E-state index in [1.165, 1.54) is 0 Å². The average molecular weight is 297 g/mol. The molecule has 0 radical (unpaired) electrons. The van der Waals surface area contributed by atoms with E-state index in [9.17, 15) is 4.79 Å². The molecule has 0 aromatic carbocycles. The number of nitrogens with zero attached hydrogens (tertiary/aromatic N) is 3. The summed E-state index contributed by atoms with van der Waals surface area (Å²) in [7, 11) is 0. The van der Waals surface area contributed by atoms with Crippen molar-refractivity contribution in [3.63, 3.8) is 0 Å². The van der Waals surface area contributed by atoms with Crippen LogP contribution in [0.15, 0.2) is 23.0 Å². The number of imidazole rings is 1. The van der Waals surface area contributed by atoms with Crippen LogP contribution in [0.4, 0.5) is 0 Å². The zero-order chi connectivity index (χ0) is 14.5. The number of amides is 1. The van der Waals surface area contributed by atoms with Crippen molar-refractivity contribution in [2.45, 2.75) is 39.3 Å². The van der Waals surface area contributed by atoms with Crippen molar-refractivity contribution >= 4 is 17.5 Å². The Bertz CT molecular complexity index is 576. The van der Waals surface area contributed by atoms with E-state index in [1.54, 1.807) is 12.3 Å². The summed E-state index contributed by atoms with van der Waals surface area (Å²) in [5.41, 5.74) is 0. The fraction of sp³-hybridized carbons (Fsp3) is 0.462. The molecule has 0 aliphatic carbocycles. The third-order valence-corrected chi connectivity index (χ3v) is 3.06. The summed E-state index contributed by atoms with van der Waals surface area (Å²) in [4.78, 5) is 16.0.